The number of carbonyl (C=O) groups excluding carboxylic acids is 2. The van der Waals surface area contributed by atoms with E-state index in [1.165, 1.54) is 6.42 Å². The lowest BCUT2D eigenvalue weighted by molar-refractivity contribution is -0.160. The molecule has 0 spiro atoms. The lowest BCUT2D eigenvalue weighted by Crippen LogP contribution is -2.50. The molecule has 1 aliphatic carbocycles. The smallest absolute Gasteiger partial charge is 0.255 e. The molecule has 0 aromatic carbocycles. The largest absolute Gasteiger partial charge is 0.391 e. The van der Waals surface area contributed by atoms with Gasteiger partial charge in [0.1, 0.15) is 13.2 Å². The third kappa shape index (κ3) is 3.04. The second kappa shape index (κ2) is 5.60. The minimum Gasteiger partial charge on any atom is -0.391 e. The predicted octanol–water partition coefficient (Wildman–Crippen LogP) is 0.313. The van der Waals surface area contributed by atoms with E-state index in [0.717, 1.165) is 30.6 Å². The van der Waals surface area contributed by atoms with E-state index in [-0.39, 0.29) is 37.5 Å². The van der Waals surface area contributed by atoms with Gasteiger partial charge in [0.25, 0.3) is 11.8 Å². The molecule has 2 amide bonds. The molecule has 1 saturated heterocycles. The van der Waals surface area contributed by atoms with Crippen LogP contribution in [0.15, 0.2) is 0 Å². The van der Waals surface area contributed by atoms with Gasteiger partial charge in [-0.3, -0.25) is 14.5 Å². The van der Waals surface area contributed by atoms with E-state index >= 15 is 0 Å². The second-order valence-corrected chi connectivity index (χ2v) is 4.86. The molecule has 2 fully saturated rings. The molecule has 5 heteroatoms. The van der Waals surface area contributed by atoms with Crippen molar-refractivity contribution in [1.29, 1.82) is 0 Å². The lowest BCUT2D eigenvalue weighted by atomic mass is 9.85. The molecule has 17 heavy (non-hydrogen) atoms. The number of amides is 2. The van der Waals surface area contributed by atoms with Gasteiger partial charge in [-0.05, 0) is 18.8 Å². The number of nitrogens with zero attached hydrogens (tertiary/aromatic N) is 1. The number of aliphatic hydroxyl groups is 1. The van der Waals surface area contributed by atoms with Gasteiger partial charge in [0, 0.05) is 0 Å². The molecule has 2 aliphatic rings. The normalized spacial score (nSPS) is 25.1. The van der Waals surface area contributed by atoms with Crippen LogP contribution in [0.2, 0.25) is 0 Å². The van der Waals surface area contributed by atoms with Crippen LogP contribution in [0.1, 0.15) is 32.1 Å². The molecule has 1 heterocycles. The van der Waals surface area contributed by atoms with Crippen molar-refractivity contribution in [2.24, 2.45) is 5.92 Å². The number of carbonyl (C=O) groups is 2. The Balaban J connectivity index is 1.89. The van der Waals surface area contributed by atoms with E-state index in [2.05, 4.69) is 0 Å². The molecule has 96 valence electrons. The van der Waals surface area contributed by atoms with Gasteiger partial charge in [0.15, 0.2) is 0 Å². The highest BCUT2D eigenvalue weighted by atomic mass is 16.5. The van der Waals surface area contributed by atoms with Crippen LogP contribution in [0, 0.1) is 5.92 Å². The maximum atomic E-state index is 11.5. The molecule has 1 aliphatic heterocycles. The van der Waals surface area contributed by atoms with Crippen molar-refractivity contribution in [1.82, 2.24) is 4.90 Å². The molecule has 0 aromatic heterocycles. The third-order valence-electron chi connectivity index (χ3n) is 3.62. The molecule has 0 aromatic rings. The number of ether oxygens (including phenoxy) is 1. The molecule has 1 saturated carbocycles. The van der Waals surface area contributed by atoms with Crippen molar-refractivity contribution >= 4 is 11.8 Å². The molecule has 2 rings (SSSR count). The van der Waals surface area contributed by atoms with Crippen LogP contribution in [0.25, 0.3) is 0 Å². The highest BCUT2D eigenvalue weighted by molar-refractivity contribution is 5.98. The number of hydrogen-bond acceptors (Lipinski definition) is 4. The minimum absolute atomic E-state index is 0.0525. The van der Waals surface area contributed by atoms with E-state index in [1.54, 1.807) is 0 Å². The average Bonchev–Trinajstić information content (AvgIpc) is 2.35. The number of morpholine rings is 1. The lowest BCUT2D eigenvalue weighted by Gasteiger charge is -2.32. The summed E-state index contributed by atoms with van der Waals surface area (Å²) in [6, 6.07) is 0. The van der Waals surface area contributed by atoms with Gasteiger partial charge in [-0.1, -0.05) is 19.3 Å². The molecule has 1 unspecified atom stereocenters. The maximum absolute atomic E-state index is 11.5. The molecular weight excluding hydrogens is 222 g/mol. The van der Waals surface area contributed by atoms with Gasteiger partial charge in [-0.15, -0.1) is 0 Å². The Labute approximate surface area is 101 Å². The van der Waals surface area contributed by atoms with Gasteiger partial charge >= 0.3 is 0 Å². The Morgan fingerprint density at radius 1 is 1.18 bits per heavy atom. The first-order valence-corrected chi connectivity index (χ1v) is 6.27. The molecule has 5 nitrogen and oxygen atoms in total. The summed E-state index contributed by atoms with van der Waals surface area (Å²) < 4.78 is 4.83. The zero-order valence-corrected chi connectivity index (χ0v) is 9.93. The standard InChI is InChI=1S/C12H19NO4/c14-10(9-4-2-1-3-5-9)6-13-11(15)7-17-8-12(13)16/h9-10,14H,1-8H2. The van der Waals surface area contributed by atoms with Crippen LogP contribution < -0.4 is 0 Å². The fraction of sp³-hybridized carbons (Fsp3) is 0.833. The quantitative estimate of drug-likeness (QED) is 0.722. The first-order valence-electron chi connectivity index (χ1n) is 6.27. The molecule has 0 bridgehead atoms. The summed E-state index contributed by atoms with van der Waals surface area (Å²) in [6.45, 7) is 0.0257. The van der Waals surface area contributed by atoms with Gasteiger partial charge in [-0.25, -0.2) is 0 Å². The number of rotatable bonds is 3. The number of aliphatic hydroxyl groups excluding tert-OH is 1. The Morgan fingerprint density at radius 3 is 2.35 bits per heavy atom. The van der Waals surface area contributed by atoms with Crippen molar-refractivity contribution in [3.05, 3.63) is 0 Å². The van der Waals surface area contributed by atoms with Gasteiger partial charge < -0.3 is 9.84 Å². The number of β-amino-alcohol motifs (C(OH)–C–C–N with tert-alkyl or cyclic N) is 1. The Morgan fingerprint density at radius 2 is 1.76 bits per heavy atom. The van der Waals surface area contributed by atoms with E-state index in [1.807, 2.05) is 0 Å². The summed E-state index contributed by atoms with van der Waals surface area (Å²) >= 11 is 0. The minimum atomic E-state index is -0.582. The van der Waals surface area contributed by atoms with Crippen LogP contribution >= 0.6 is 0 Å². The van der Waals surface area contributed by atoms with E-state index in [0.29, 0.717) is 0 Å². The topological polar surface area (TPSA) is 66.8 Å². The van der Waals surface area contributed by atoms with Crippen LogP contribution in [-0.2, 0) is 14.3 Å². The maximum Gasteiger partial charge on any atom is 0.255 e. The highest BCUT2D eigenvalue weighted by Crippen LogP contribution is 2.27. The van der Waals surface area contributed by atoms with Crippen LogP contribution in [0.5, 0.6) is 0 Å². The van der Waals surface area contributed by atoms with Crippen LogP contribution in [0.3, 0.4) is 0 Å². The van der Waals surface area contributed by atoms with Crippen molar-refractivity contribution in [2.45, 2.75) is 38.2 Å². The van der Waals surface area contributed by atoms with E-state index in [9.17, 15) is 14.7 Å². The monoisotopic (exact) mass is 241 g/mol. The summed E-state index contributed by atoms with van der Waals surface area (Å²) in [5, 5.41) is 10.1. The fourth-order valence-corrected chi connectivity index (χ4v) is 2.58. The van der Waals surface area contributed by atoms with Crippen molar-refractivity contribution in [3.63, 3.8) is 0 Å². The zero-order chi connectivity index (χ0) is 12.3. The van der Waals surface area contributed by atoms with Crippen LogP contribution in [-0.4, -0.2) is 47.7 Å². The first-order chi connectivity index (χ1) is 8.18. The zero-order valence-electron chi connectivity index (χ0n) is 9.93. The van der Waals surface area contributed by atoms with E-state index in [4.69, 9.17) is 4.74 Å². The fourth-order valence-electron chi connectivity index (χ4n) is 2.58. The van der Waals surface area contributed by atoms with Crippen LogP contribution in [0.4, 0.5) is 0 Å². The van der Waals surface area contributed by atoms with Gasteiger partial charge in [0.2, 0.25) is 0 Å². The SMILES string of the molecule is O=C1COCC(=O)N1CC(O)C1CCCCC1. The Bertz CT molecular complexity index is 283. The number of imide groups is 1. The summed E-state index contributed by atoms with van der Waals surface area (Å²) in [5.41, 5.74) is 0. The molecular formula is C12H19NO4. The molecule has 1 atom stereocenters. The first kappa shape index (κ1) is 12.5. The number of hydrogen-bond donors (Lipinski definition) is 1. The van der Waals surface area contributed by atoms with Crippen molar-refractivity contribution < 1.29 is 19.4 Å². The average molecular weight is 241 g/mol. The summed E-state index contributed by atoms with van der Waals surface area (Å²) in [4.78, 5) is 24.1. The Hall–Kier alpha value is -0.940. The van der Waals surface area contributed by atoms with Gasteiger partial charge in [0.05, 0.1) is 12.6 Å². The van der Waals surface area contributed by atoms with Crippen molar-refractivity contribution in [3.8, 4) is 0 Å². The van der Waals surface area contributed by atoms with E-state index < -0.39 is 6.10 Å². The summed E-state index contributed by atoms with van der Waals surface area (Å²) in [5.74, 6) is -0.445. The predicted molar refractivity (Wildman–Crippen MR) is 60.1 cm³/mol. The summed E-state index contributed by atoms with van der Waals surface area (Å²) in [7, 11) is 0. The third-order valence-corrected chi connectivity index (χ3v) is 3.62. The Kier molecular flexibility index (Phi) is 4.12. The summed E-state index contributed by atoms with van der Waals surface area (Å²) in [6.07, 6.45) is 4.89. The highest BCUT2D eigenvalue weighted by Gasteiger charge is 2.31. The van der Waals surface area contributed by atoms with Gasteiger partial charge in [-0.2, -0.15) is 0 Å². The van der Waals surface area contributed by atoms with Crippen molar-refractivity contribution in [2.75, 3.05) is 19.8 Å². The molecule has 0 radical (unpaired) electrons. The second-order valence-electron chi connectivity index (χ2n) is 4.86. The molecule has 1 N–H and O–H groups in total.